The normalized spacial score (nSPS) is 1.00. The molecule has 0 aromatic heterocycles. The number of hydrogen-bond donors (Lipinski definition) is 0. The molecule has 0 saturated carbocycles. The van der Waals surface area contributed by atoms with E-state index in [1.54, 1.807) is 0 Å². The number of rotatable bonds is 0. The van der Waals surface area contributed by atoms with Crippen molar-refractivity contribution in [1.29, 1.82) is 0 Å². The predicted octanol–water partition coefficient (Wildman–Crippen LogP) is -5.89. The van der Waals surface area contributed by atoms with E-state index in [1.165, 1.54) is 0 Å². The molecule has 5 heavy (non-hydrogen) atoms. The maximum absolute atomic E-state index is 7.94. The van der Waals surface area contributed by atoms with Gasteiger partial charge in [0.1, 0.15) is 0 Å². The van der Waals surface area contributed by atoms with Crippen LogP contribution in [0.25, 0.3) is 0 Å². The second kappa shape index (κ2) is 37.4. The maximum atomic E-state index is 7.94. The van der Waals surface area contributed by atoms with Gasteiger partial charge in [-0.2, -0.15) is 0 Å². The summed E-state index contributed by atoms with van der Waals surface area (Å²) < 4.78 is 7.94. The zero-order chi connectivity index (χ0) is 2.00. The molecule has 0 bridgehead atoms. The first-order valence-electron chi connectivity index (χ1n) is 0.136. The van der Waals surface area contributed by atoms with Crippen molar-refractivity contribution < 1.29 is 76.9 Å². The topological polar surface area (TPSA) is 17.1 Å². The van der Waals surface area contributed by atoms with Gasteiger partial charge in [0, 0.05) is 16.8 Å². The SMILES string of the molecule is [Co].[H-].[H-].[Li+].[Li+].[O]=[Co]. The van der Waals surface area contributed by atoms with Gasteiger partial charge in [-0.15, -0.1) is 0 Å². The Labute approximate surface area is 76.3 Å². The van der Waals surface area contributed by atoms with Gasteiger partial charge in [-0.1, -0.05) is 0 Å². The van der Waals surface area contributed by atoms with Crippen LogP contribution in [0.3, 0.4) is 0 Å². The summed E-state index contributed by atoms with van der Waals surface area (Å²) in [5.41, 5.74) is 0. The van der Waals surface area contributed by atoms with Crippen LogP contribution in [0.15, 0.2) is 0 Å². The van der Waals surface area contributed by atoms with Crippen molar-refractivity contribution in [2.45, 2.75) is 0 Å². The first-order valence-corrected chi connectivity index (χ1v) is 0.561. The van der Waals surface area contributed by atoms with E-state index in [2.05, 4.69) is 15.7 Å². The van der Waals surface area contributed by atoms with E-state index >= 15 is 0 Å². The van der Waals surface area contributed by atoms with Crippen molar-refractivity contribution in [1.82, 2.24) is 0 Å². The third-order valence-corrected chi connectivity index (χ3v) is 0. The quantitative estimate of drug-likeness (QED) is 0.314. The summed E-state index contributed by atoms with van der Waals surface area (Å²) in [5.74, 6) is 0. The zero-order valence-corrected chi connectivity index (χ0v) is 5.16. The molecular weight excluding hydrogens is 148 g/mol. The van der Waals surface area contributed by atoms with Gasteiger partial charge in [0.05, 0.1) is 0 Å². The molecule has 0 aromatic rings. The van der Waals surface area contributed by atoms with Gasteiger partial charge in [-0.3, -0.25) is 0 Å². The van der Waals surface area contributed by atoms with Crippen molar-refractivity contribution in [2.75, 3.05) is 0 Å². The molecule has 0 aliphatic rings. The average Bonchev–Trinajstić information content (AvgIpc) is 1.00. The Kier molecular flexibility index (Phi) is 209. The summed E-state index contributed by atoms with van der Waals surface area (Å²) in [6.45, 7) is 0. The summed E-state index contributed by atoms with van der Waals surface area (Å²) in [5, 5.41) is 0. The molecule has 0 fully saturated rings. The summed E-state index contributed by atoms with van der Waals surface area (Å²) in [4.78, 5) is 0. The molecule has 0 aromatic carbocycles. The van der Waals surface area contributed by atoms with Crippen LogP contribution in [0.2, 0.25) is 0 Å². The Balaban J connectivity index is -0.000000000500. The molecule has 1 radical (unpaired) electrons. The fourth-order valence-corrected chi connectivity index (χ4v) is 0. The molecule has 0 spiro atoms. The van der Waals surface area contributed by atoms with E-state index in [-0.39, 0.29) is 57.4 Å². The first-order chi connectivity index (χ1) is 1.00. The Morgan fingerprint density at radius 2 is 1.20 bits per heavy atom. The molecular formula is H2Co2Li2O. The second-order valence-corrected chi connectivity index (χ2v) is 0. The molecule has 28 valence electrons. The molecule has 1 nitrogen and oxygen atoms in total. The molecule has 0 atom stereocenters. The van der Waals surface area contributed by atoms with E-state index in [0.717, 1.165) is 0 Å². The van der Waals surface area contributed by atoms with Crippen LogP contribution in [0.5, 0.6) is 0 Å². The van der Waals surface area contributed by atoms with Gasteiger partial charge < -0.3 is 2.85 Å². The van der Waals surface area contributed by atoms with Crippen molar-refractivity contribution >= 4 is 0 Å². The Bertz CT molecular complexity index is 13.7. The third-order valence-electron chi connectivity index (χ3n) is 0. The number of hydrogen-bond acceptors (Lipinski definition) is 1. The molecule has 0 saturated heterocycles. The Morgan fingerprint density at radius 3 is 1.20 bits per heavy atom. The van der Waals surface area contributed by atoms with Crippen molar-refractivity contribution in [2.24, 2.45) is 0 Å². The standard InChI is InChI=1S/2Co.2Li.O.2H/q;;2*+1;;2*-1. The fourth-order valence-electron chi connectivity index (χ4n) is 0. The zero-order valence-electron chi connectivity index (χ0n) is 5.07. The van der Waals surface area contributed by atoms with Crippen LogP contribution >= 0.6 is 0 Å². The van der Waals surface area contributed by atoms with Crippen LogP contribution in [0.4, 0.5) is 0 Å². The fraction of sp³-hybridized carbons (Fsp3) is 0. The van der Waals surface area contributed by atoms with Gasteiger partial charge in [0.15, 0.2) is 0 Å². The molecule has 0 N–H and O–H groups in total. The monoisotopic (exact) mass is 150 g/mol. The van der Waals surface area contributed by atoms with Gasteiger partial charge >= 0.3 is 57.3 Å². The molecule has 0 aliphatic heterocycles. The third kappa shape index (κ3) is 23.9. The molecule has 0 unspecified atom stereocenters. The van der Waals surface area contributed by atoms with Gasteiger partial charge in [-0.05, 0) is 0 Å². The minimum absolute atomic E-state index is 0. The van der Waals surface area contributed by atoms with Crippen LogP contribution in [-0.2, 0) is 36.3 Å². The van der Waals surface area contributed by atoms with Gasteiger partial charge in [0.25, 0.3) is 0 Å². The van der Waals surface area contributed by atoms with E-state index in [0.29, 0.717) is 0 Å². The first kappa shape index (κ1) is 28.0. The van der Waals surface area contributed by atoms with Crippen LogP contribution < -0.4 is 37.7 Å². The average molecular weight is 150 g/mol. The van der Waals surface area contributed by atoms with E-state index in [4.69, 9.17) is 3.87 Å². The van der Waals surface area contributed by atoms with Crippen LogP contribution in [0, 0.1) is 0 Å². The molecule has 0 amide bonds. The predicted molar refractivity (Wildman–Crippen MR) is 2.91 cm³/mol. The van der Waals surface area contributed by atoms with Crippen molar-refractivity contribution in [3.8, 4) is 0 Å². The Morgan fingerprint density at radius 1 is 1.20 bits per heavy atom. The van der Waals surface area contributed by atoms with Gasteiger partial charge in [-0.25, -0.2) is 0 Å². The van der Waals surface area contributed by atoms with Crippen molar-refractivity contribution in [3.63, 3.8) is 0 Å². The van der Waals surface area contributed by atoms with Crippen molar-refractivity contribution in [3.05, 3.63) is 0 Å². The summed E-state index contributed by atoms with van der Waals surface area (Å²) in [6, 6.07) is 0. The molecule has 0 rings (SSSR count). The molecule has 5 heteroatoms. The summed E-state index contributed by atoms with van der Waals surface area (Å²) in [7, 11) is 0. The van der Waals surface area contributed by atoms with Crippen LogP contribution in [0.1, 0.15) is 2.85 Å². The minimum atomic E-state index is 0. The molecule has 0 heterocycles. The van der Waals surface area contributed by atoms with E-state index in [9.17, 15) is 0 Å². The Hall–Kier alpha value is 2.01. The van der Waals surface area contributed by atoms with Gasteiger partial charge in [0.2, 0.25) is 0 Å². The van der Waals surface area contributed by atoms with E-state index in [1.807, 2.05) is 0 Å². The molecule has 0 aliphatic carbocycles. The van der Waals surface area contributed by atoms with Crippen LogP contribution in [-0.4, -0.2) is 0 Å². The second-order valence-electron chi connectivity index (χ2n) is 0. The summed E-state index contributed by atoms with van der Waals surface area (Å²) in [6.07, 6.45) is 0. The summed E-state index contributed by atoms with van der Waals surface area (Å²) >= 11 is 2.31. The van der Waals surface area contributed by atoms with E-state index < -0.39 is 0 Å².